The Kier molecular flexibility index (Phi) is 4.03. The van der Waals surface area contributed by atoms with Crippen LogP contribution in [0, 0.1) is 0 Å². The molecule has 0 aromatic heterocycles. The van der Waals surface area contributed by atoms with Gasteiger partial charge in [0, 0.05) is 6.54 Å². The van der Waals surface area contributed by atoms with Crippen molar-refractivity contribution in [2.45, 2.75) is 0 Å². The van der Waals surface area contributed by atoms with Gasteiger partial charge in [-0.25, -0.2) is 0 Å². The summed E-state index contributed by atoms with van der Waals surface area (Å²) in [6.45, 7) is 4.06. The van der Waals surface area contributed by atoms with Crippen LogP contribution >= 0.6 is 0 Å². The average molecular weight is 83.1 g/mol. The highest BCUT2D eigenvalue weighted by Gasteiger charge is 1.54. The molecule has 0 amide bonds. The zero-order valence-corrected chi connectivity index (χ0v) is 3.72. The Bertz CT molecular complexity index is 55.0. The van der Waals surface area contributed by atoms with Crippen molar-refractivity contribution in [3.05, 3.63) is 24.8 Å². The van der Waals surface area contributed by atoms with Crippen molar-refractivity contribution in [3.8, 4) is 0 Å². The summed E-state index contributed by atoms with van der Waals surface area (Å²) in [6.07, 6.45) is 5.36. The van der Waals surface area contributed by atoms with Crippen LogP contribution in [0.3, 0.4) is 0 Å². The first-order valence-electron chi connectivity index (χ1n) is 1.89. The molecule has 6 heavy (non-hydrogen) atoms. The molecule has 0 saturated carbocycles. The summed E-state index contributed by atoms with van der Waals surface area (Å²) < 4.78 is 0. The van der Waals surface area contributed by atoms with Crippen molar-refractivity contribution < 1.29 is 0 Å². The van der Waals surface area contributed by atoms with Gasteiger partial charge in [0.25, 0.3) is 0 Å². The van der Waals surface area contributed by atoms with E-state index in [1.807, 2.05) is 12.2 Å². The smallest absolute Gasteiger partial charge is 0.0109 e. The highest BCUT2D eigenvalue weighted by Crippen LogP contribution is 1.65. The number of rotatable bonds is 2. The maximum absolute atomic E-state index is 5.08. The van der Waals surface area contributed by atoms with E-state index < -0.39 is 0 Å². The van der Waals surface area contributed by atoms with Gasteiger partial charge in [0.1, 0.15) is 0 Å². The van der Waals surface area contributed by atoms with Gasteiger partial charge in [-0.05, 0) is 0 Å². The van der Waals surface area contributed by atoms with E-state index in [1.165, 1.54) is 0 Å². The molecule has 1 nitrogen and oxygen atoms in total. The molecule has 0 bridgehead atoms. The molecule has 34 valence electrons. The normalized spacial score (nSPS) is 9.50. The Hall–Kier alpha value is -0.560. The van der Waals surface area contributed by atoms with Gasteiger partial charge in [0.2, 0.25) is 0 Å². The zero-order chi connectivity index (χ0) is 4.83. The standard InChI is InChI=1S/C5H9N/c1-2-3-4-5-6/h2-4H,1,5-6H2/b4-3+. The van der Waals surface area contributed by atoms with Crippen LogP contribution in [-0.2, 0) is 0 Å². The molecule has 0 aromatic carbocycles. The fourth-order valence-electron chi connectivity index (χ4n) is 0.175. The van der Waals surface area contributed by atoms with E-state index in [2.05, 4.69) is 6.58 Å². The molecule has 0 atom stereocenters. The van der Waals surface area contributed by atoms with Crippen LogP contribution in [0.15, 0.2) is 24.8 Å². The summed E-state index contributed by atoms with van der Waals surface area (Å²) in [5.41, 5.74) is 5.08. The molecule has 1 heteroatoms. The number of allylic oxidation sites excluding steroid dienone is 2. The van der Waals surface area contributed by atoms with E-state index >= 15 is 0 Å². The van der Waals surface area contributed by atoms with Crippen LogP contribution in [0.2, 0.25) is 0 Å². The van der Waals surface area contributed by atoms with E-state index in [1.54, 1.807) is 6.08 Å². The summed E-state index contributed by atoms with van der Waals surface area (Å²) >= 11 is 0. The Labute approximate surface area is 38.2 Å². The van der Waals surface area contributed by atoms with Crippen molar-refractivity contribution >= 4 is 0 Å². The first kappa shape index (κ1) is 5.44. The molecule has 0 spiro atoms. The van der Waals surface area contributed by atoms with Crippen LogP contribution in [-0.4, -0.2) is 6.54 Å². The summed E-state index contributed by atoms with van der Waals surface area (Å²) in [6, 6.07) is 0. The Morgan fingerprint density at radius 1 is 1.67 bits per heavy atom. The number of nitrogens with two attached hydrogens (primary N) is 1. The summed E-state index contributed by atoms with van der Waals surface area (Å²) in [4.78, 5) is 0. The zero-order valence-electron chi connectivity index (χ0n) is 3.72. The minimum absolute atomic E-state index is 0.603. The van der Waals surface area contributed by atoms with Crippen LogP contribution in [0.25, 0.3) is 0 Å². The Morgan fingerprint density at radius 2 is 2.33 bits per heavy atom. The van der Waals surface area contributed by atoms with E-state index in [-0.39, 0.29) is 0 Å². The van der Waals surface area contributed by atoms with Crippen molar-refractivity contribution in [2.75, 3.05) is 6.54 Å². The van der Waals surface area contributed by atoms with Gasteiger partial charge in [-0.3, -0.25) is 0 Å². The van der Waals surface area contributed by atoms with Crippen LogP contribution in [0.5, 0.6) is 0 Å². The topological polar surface area (TPSA) is 26.0 Å². The van der Waals surface area contributed by atoms with E-state index in [0.717, 1.165) is 0 Å². The van der Waals surface area contributed by atoms with Gasteiger partial charge >= 0.3 is 0 Å². The van der Waals surface area contributed by atoms with E-state index in [0.29, 0.717) is 6.54 Å². The molecule has 0 aliphatic heterocycles. The lowest BCUT2D eigenvalue weighted by Gasteiger charge is -1.69. The van der Waals surface area contributed by atoms with Crippen molar-refractivity contribution in [2.24, 2.45) is 5.73 Å². The minimum Gasteiger partial charge on any atom is -0.327 e. The molecule has 0 aromatic rings. The Balaban J connectivity index is 2.94. The minimum atomic E-state index is 0.603. The van der Waals surface area contributed by atoms with Crippen LogP contribution < -0.4 is 5.73 Å². The second-order valence-corrected chi connectivity index (χ2v) is 0.900. The highest BCUT2D eigenvalue weighted by molar-refractivity contribution is 4.97. The molecular weight excluding hydrogens is 74.1 g/mol. The van der Waals surface area contributed by atoms with Crippen LogP contribution in [0.1, 0.15) is 0 Å². The first-order chi connectivity index (χ1) is 2.91. The fraction of sp³-hybridized carbons (Fsp3) is 0.200. The van der Waals surface area contributed by atoms with Gasteiger partial charge in [-0.15, -0.1) is 0 Å². The van der Waals surface area contributed by atoms with Crippen molar-refractivity contribution in [1.29, 1.82) is 0 Å². The maximum Gasteiger partial charge on any atom is 0.0109 e. The Morgan fingerprint density at radius 3 is 2.50 bits per heavy atom. The van der Waals surface area contributed by atoms with Gasteiger partial charge in [0.05, 0.1) is 0 Å². The molecule has 0 saturated heterocycles. The second kappa shape index (κ2) is 4.44. The molecule has 0 aliphatic carbocycles. The van der Waals surface area contributed by atoms with Crippen molar-refractivity contribution in [1.82, 2.24) is 0 Å². The second-order valence-electron chi connectivity index (χ2n) is 0.900. The SMILES string of the molecule is C=C/C=C/CN. The molecule has 0 aliphatic rings. The maximum atomic E-state index is 5.08. The summed E-state index contributed by atoms with van der Waals surface area (Å²) in [7, 11) is 0. The predicted molar refractivity (Wildman–Crippen MR) is 28.4 cm³/mol. The molecule has 0 fully saturated rings. The van der Waals surface area contributed by atoms with Crippen molar-refractivity contribution in [3.63, 3.8) is 0 Å². The molecule has 0 rings (SSSR count). The number of hydrogen-bond donors (Lipinski definition) is 1. The third-order valence-electron chi connectivity index (χ3n) is 0.408. The van der Waals surface area contributed by atoms with Gasteiger partial charge in [-0.2, -0.15) is 0 Å². The van der Waals surface area contributed by atoms with E-state index in [9.17, 15) is 0 Å². The third kappa shape index (κ3) is 3.44. The van der Waals surface area contributed by atoms with Gasteiger partial charge in [0.15, 0.2) is 0 Å². The van der Waals surface area contributed by atoms with Gasteiger partial charge in [-0.1, -0.05) is 24.8 Å². The highest BCUT2D eigenvalue weighted by atomic mass is 14.5. The lowest BCUT2D eigenvalue weighted by atomic mass is 10.5. The molecular formula is C5H9N. The lowest BCUT2D eigenvalue weighted by Crippen LogP contribution is -1.91. The molecule has 0 unspecified atom stereocenters. The fourth-order valence-corrected chi connectivity index (χ4v) is 0.175. The summed E-state index contributed by atoms with van der Waals surface area (Å²) in [5.74, 6) is 0. The van der Waals surface area contributed by atoms with E-state index in [4.69, 9.17) is 5.73 Å². The largest absolute Gasteiger partial charge is 0.327 e. The summed E-state index contributed by atoms with van der Waals surface area (Å²) in [5, 5.41) is 0. The quantitative estimate of drug-likeness (QED) is 0.488. The monoisotopic (exact) mass is 83.1 g/mol. The molecule has 0 radical (unpaired) electrons. The average Bonchev–Trinajstić information content (AvgIpc) is 1.61. The lowest BCUT2D eigenvalue weighted by molar-refractivity contribution is 1.25. The molecule has 2 N–H and O–H groups in total. The van der Waals surface area contributed by atoms with Gasteiger partial charge < -0.3 is 5.73 Å². The third-order valence-corrected chi connectivity index (χ3v) is 0.408. The first-order valence-corrected chi connectivity index (χ1v) is 1.89. The molecule has 0 heterocycles. The van der Waals surface area contributed by atoms with Crippen LogP contribution in [0.4, 0.5) is 0 Å². The number of hydrogen-bond acceptors (Lipinski definition) is 1. The predicted octanol–water partition coefficient (Wildman–Crippen LogP) is 0.687.